The summed E-state index contributed by atoms with van der Waals surface area (Å²) >= 11 is 0. The molecule has 0 aliphatic heterocycles. The van der Waals surface area contributed by atoms with Crippen molar-refractivity contribution in [2.24, 2.45) is 0 Å². The van der Waals surface area contributed by atoms with E-state index in [0.29, 0.717) is 46.3 Å². The third-order valence-corrected chi connectivity index (χ3v) is 3.80. The van der Waals surface area contributed by atoms with Gasteiger partial charge in [-0.05, 0) is 19.9 Å². The number of aryl methyl sites for hydroxylation is 3. The lowest BCUT2D eigenvalue weighted by Gasteiger charge is -2.06. The minimum absolute atomic E-state index is 0.156. The summed E-state index contributed by atoms with van der Waals surface area (Å²) in [7, 11) is 1.58. The van der Waals surface area contributed by atoms with Gasteiger partial charge in [0.25, 0.3) is 0 Å². The van der Waals surface area contributed by atoms with Gasteiger partial charge in [-0.2, -0.15) is 0 Å². The molecule has 0 unspecified atom stereocenters. The van der Waals surface area contributed by atoms with Crippen LogP contribution >= 0.6 is 0 Å². The Hall–Kier alpha value is -2.83. The molecule has 0 atom stereocenters. The number of benzene rings is 1. The second kappa shape index (κ2) is 6.35. The van der Waals surface area contributed by atoms with Crippen LogP contribution < -0.4 is 10.1 Å². The van der Waals surface area contributed by atoms with Crippen LogP contribution in [-0.2, 0) is 17.6 Å². The first-order valence-electron chi connectivity index (χ1n) is 7.71. The highest BCUT2D eigenvalue weighted by Gasteiger charge is 2.18. The zero-order valence-electron chi connectivity index (χ0n) is 14.1. The quantitative estimate of drug-likeness (QED) is 0.773. The van der Waals surface area contributed by atoms with Crippen molar-refractivity contribution in [3.8, 4) is 5.75 Å². The van der Waals surface area contributed by atoms with Crippen LogP contribution in [0.3, 0.4) is 0 Å². The monoisotopic (exact) mass is 329 g/mol. The van der Waals surface area contributed by atoms with Gasteiger partial charge in [-0.15, -0.1) is 0 Å². The molecule has 1 N–H and O–H groups in total. The predicted octanol–water partition coefficient (Wildman–Crippen LogP) is 3.18. The lowest BCUT2D eigenvalue weighted by molar-refractivity contribution is -0.115. The van der Waals surface area contributed by atoms with Crippen LogP contribution in [0.15, 0.2) is 21.1 Å². The van der Waals surface area contributed by atoms with Crippen LogP contribution in [0, 0.1) is 13.8 Å². The van der Waals surface area contributed by atoms with Gasteiger partial charge in [0.2, 0.25) is 5.91 Å². The van der Waals surface area contributed by atoms with E-state index in [2.05, 4.69) is 15.5 Å². The van der Waals surface area contributed by atoms with Gasteiger partial charge in [-0.25, -0.2) is 4.98 Å². The van der Waals surface area contributed by atoms with Gasteiger partial charge in [0, 0.05) is 12.0 Å². The van der Waals surface area contributed by atoms with Crippen LogP contribution in [0.2, 0.25) is 0 Å². The number of methoxy groups -OCH3 is 1. The van der Waals surface area contributed by atoms with Crippen molar-refractivity contribution in [3.63, 3.8) is 0 Å². The van der Waals surface area contributed by atoms with Crippen LogP contribution in [0.4, 0.5) is 5.69 Å². The molecule has 1 amide bonds. The van der Waals surface area contributed by atoms with Crippen LogP contribution in [0.5, 0.6) is 5.75 Å². The van der Waals surface area contributed by atoms with Gasteiger partial charge < -0.3 is 19.0 Å². The SMILES string of the molecule is CCc1nc2c(OC)ccc(CC(=O)Nc3c(C)noc3C)c2o1. The number of nitrogens with one attached hydrogen (secondary N) is 1. The second-order valence-corrected chi connectivity index (χ2v) is 5.49. The van der Waals surface area contributed by atoms with Crippen molar-refractivity contribution in [2.45, 2.75) is 33.6 Å². The minimum atomic E-state index is -0.176. The molecule has 0 bridgehead atoms. The fourth-order valence-electron chi connectivity index (χ4n) is 2.55. The van der Waals surface area contributed by atoms with Gasteiger partial charge in [0.1, 0.15) is 17.1 Å². The van der Waals surface area contributed by atoms with E-state index >= 15 is 0 Å². The Balaban J connectivity index is 1.89. The number of rotatable bonds is 5. The normalized spacial score (nSPS) is 11.0. The van der Waals surface area contributed by atoms with Crippen molar-refractivity contribution in [1.82, 2.24) is 10.1 Å². The van der Waals surface area contributed by atoms with Gasteiger partial charge in [0.15, 0.2) is 22.8 Å². The minimum Gasteiger partial charge on any atom is -0.494 e. The number of nitrogens with zero attached hydrogens (tertiary/aromatic N) is 2. The summed E-state index contributed by atoms with van der Waals surface area (Å²) in [5.74, 6) is 1.64. The number of aromatic nitrogens is 2. The van der Waals surface area contributed by atoms with E-state index in [9.17, 15) is 4.79 Å². The average molecular weight is 329 g/mol. The number of ether oxygens (including phenoxy) is 1. The molecule has 0 aliphatic rings. The van der Waals surface area contributed by atoms with Gasteiger partial charge >= 0.3 is 0 Å². The molecular formula is C17H19N3O4. The molecule has 2 aromatic heterocycles. The van der Waals surface area contributed by atoms with E-state index in [1.54, 1.807) is 27.0 Å². The molecule has 7 nitrogen and oxygen atoms in total. The fraction of sp³-hybridized carbons (Fsp3) is 0.353. The Morgan fingerprint density at radius 1 is 1.33 bits per heavy atom. The Bertz CT molecular complexity index is 875. The largest absolute Gasteiger partial charge is 0.494 e. The molecular weight excluding hydrogens is 310 g/mol. The number of carbonyl (C=O) groups excluding carboxylic acids is 1. The highest BCUT2D eigenvalue weighted by atomic mass is 16.5. The van der Waals surface area contributed by atoms with Crippen LogP contribution in [0.25, 0.3) is 11.1 Å². The van der Waals surface area contributed by atoms with Crippen molar-refractivity contribution >= 4 is 22.7 Å². The zero-order valence-corrected chi connectivity index (χ0v) is 14.1. The highest BCUT2D eigenvalue weighted by molar-refractivity contribution is 5.96. The van der Waals surface area contributed by atoms with E-state index in [-0.39, 0.29) is 12.3 Å². The van der Waals surface area contributed by atoms with Crippen molar-refractivity contribution in [3.05, 3.63) is 35.0 Å². The van der Waals surface area contributed by atoms with Crippen molar-refractivity contribution in [1.29, 1.82) is 0 Å². The lowest BCUT2D eigenvalue weighted by atomic mass is 10.1. The Morgan fingerprint density at radius 3 is 2.75 bits per heavy atom. The Kier molecular flexibility index (Phi) is 4.24. The van der Waals surface area contributed by atoms with Gasteiger partial charge in [-0.1, -0.05) is 18.1 Å². The van der Waals surface area contributed by atoms with Crippen molar-refractivity contribution < 1.29 is 18.5 Å². The maximum atomic E-state index is 12.4. The summed E-state index contributed by atoms with van der Waals surface area (Å²) < 4.78 is 16.1. The molecule has 0 spiro atoms. The van der Waals surface area contributed by atoms with Crippen LogP contribution in [-0.4, -0.2) is 23.2 Å². The molecule has 126 valence electrons. The van der Waals surface area contributed by atoms with Crippen molar-refractivity contribution in [2.75, 3.05) is 12.4 Å². The first kappa shape index (κ1) is 16.0. The molecule has 0 fully saturated rings. The first-order valence-corrected chi connectivity index (χ1v) is 7.71. The Morgan fingerprint density at radius 2 is 2.12 bits per heavy atom. The summed E-state index contributed by atoms with van der Waals surface area (Å²) in [6, 6.07) is 3.61. The molecule has 0 aliphatic carbocycles. The highest BCUT2D eigenvalue weighted by Crippen LogP contribution is 2.29. The molecule has 24 heavy (non-hydrogen) atoms. The van der Waals surface area contributed by atoms with Gasteiger partial charge in [0.05, 0.1) is 13.5 Å². The summed E-state index contributed by atoms with van der Waals surface area (Å²) in [5.41, 5.74) is 3.23. The molecule has 0 saturated heterocycles. The maximum absolute atomic E-state index is 12.4. The molecule has 3 rings (SSSR count). The molecule has 0 saturated carbocycles. The summed E-state index contributed by atoms with van der Waals surface area (Å²) in [6.07, 6.45) is 0.825. The number of hydrogen-bond acceptors (Lipinski definition) is 6. The number of hydrogen-bond donors (Lipinski definition) is 1. The maximum Gasteiger partial charge on any atom is 0.229 e. The van der Waals surface area contributed by atoms with E-state index in [0.717, 1.165) is 5.56 Å². The molecule has 0 radical (unpaired) electrons. The topological polar surface area (TPSA) is 90.4 Å². The molecule has 7 heteroatoms. The van der Waals surface area contributed by atoms with Crippen LogP contribution in [0.1, 0.15) is 29.8 Å². The second-order valence-electron chi connectivity index (χ2n) is 5.49. The molecule has 2 heterocycles. The lowest BCUT2D eigenvalue weighted by Crippen LogP contribution is -2.15. The standard InChI is InChI=1S/C17H19N3O4/c1-5-14-19-16-12(22-4)7-6-11(17(16)23-14)8-13(21)18-15-9(2)20-24-10(15)3/h6-7H,5,8H2,1-4H3,(H,18,21). The smallest absolute Gasteiger partial charge is 0.229 e. The van der Waals surface area contributed by atoms with E-state index in [1.807, 2.05) is 13.0 Å². The zero-order chi connectivity index (χ0) is 17.3. The molecule has 3 aromatic rings. The fourth-order valence-corrected chi connectivity index (χ4v) is 2.55. The third-order valence-electron chi connectivity index (χ3n) is 3.80. The summed E-state index contributed by atoms with van der Waals surface area (Å²) in [4.78, 5) is 16.8. The molecule has 1 aromatic carbocycles. The number of carbonyl (C=O) groups is 1. The Labute approximate surface area is 139 Å². The van der Waals surface area contributed by atoms with E-state index in [4.69, 9.17) is 13.7 Å². The number of fused-ring (bicyclic) bond motifs is 1. The third kappa shape index (κ3) is 2.84. The number of amides is 1. The number of anilines is 1. The van der Waals surface area contributed by atoms with Gasteiger partial charge in [-0.3, -0.25) is 4.79 Å². The summed E-state index contributed by atoms with van der Waals surface area (Å²) in [6.45, 7) is 5.49. The number of oxazole rings is 1. The summed E-state index contributed by atoms with van der Waals surface area (Å²) in [5, 5.41) is 6.66. The average Bonchev–Trinajstić information content (AvgIpc) is 3.14. The van der Waals surface area contributed by atoms with E-state index < -0.39 is 0 Å². The first-order chi connectivity index (χ1) is 11.5. The van der Waals surface area contributed by atoms with E-state index in [1.165, 1.54) is 0 Å². The predicted molar refractivity (Wildman–Crippen MR) is 88.2 cm³/mol.